The van der Waals surface area contributed by atoms with Gasteiger partial charge in [-0.1, -0.05) is 6.07 Å². The average Bonchev–Trinajstić information content (AvgIpc) is 2.40. The highest BCUT2D eigenvalue weighted by atomic mass is 16.3. The van der Waals surface area contributed by atoms with Gasteiger partial charge in [0.1, 0.15) is 11.4 Å². The zero-order valence-corrected chi connectivity index (χ0v) is 9.54. The number of aromatic hydroxyl groups is 1. The molecule has 0 bridgehead atoms. The van der Waals surface area contributed by atoms with E-state index in [-0.39, 0.29) is 29.4 Å². The lowest BCUT2D eigenvalue weighted by atomic mass is 10.0. The number of pyridine rings is 1. The van der Waals surface area contributed by atoms with E-state index in [1.54, 1.807) is 18.2 Å². The number of carbonyl (C=O) groups is 2. The highest BCUT2D eigenvalue weighted by Gasteiger charge is 2.14. The first-order valence-corrected chi connectivity index (χ1v) is 5.43. The van der Waals surface area contributed by atoms with E-state index in [1.807, 2.05) is 0 Å². The van der Waals surface area contributed by atoms with Crippen LogP contribution in [0, 0.1) is 0 Å². The van der Waals surface area contributed by atoms with Gasteiger partial charge in [0, 0.05) is 11.8 Å². The highest BCUT2D eigenvalue weighted by molar-refractivity contribution is 6.12. The number of hydrogen-bond donors (Lipinski definition) is 1. The molecule has 2 aromatic rings. The Balaban J connectivity index is 2.08. The Kier molecular flexibility index (Phi) is 3.48. The lowest BCUT2D eigenvalue weighted by Gasteiger charge is -2.01. The smallest absolute Gasteiger partial charge is 0.188 e. The molecule has 0 saturated carbocycles. The second kappa shape index (κ2) is 5.23. The first kappa shape index (κ1) is 12.0. The van der Waals surface area contributed by atoms with Crippen molar-refractivity contribution in [3.05, 3.63) is 59.9 Å². The maximum atomic E-state index is 11.8. The van der Waals surface area contributed by atoms with Gasteiger partial charge in [0.2, 0.25) is 0 Å². The van der Waals surface area contributed by atoms with Crippen LogP contribution in [-0.2, 0) is 0 Å². The quantitative estimate of drug-likeness (QED) is 0.658. The van der Waals surface area contributed by atoms with Crippen LogP contribution in [-0.4, -0.2) is 21.7 Å². The van der Waals surface area contributed by atoms with Crippen LogP contribution in [0.1, 0.15) is 27.3 Å². The Morgan fingerprint density at radius 2 is 1.72 bits per heavy atom. The fraction of sp³-hybridized carbons (Fsp3) is 0.0714. The topological polar surface area (TPSA) is 67.3 Å². The molecule has 0 aliphatic carbocycles. The van der Waals surface area contributed by atoms with Crippen molar-refractivity contribution in [1.82, 2.24) is 4.98 Å². The van der Waals surface area contributed by atoms with Gasteiger partial charge in [0.05, 0.1) is 6.42 Å². The molecule has 18 heavy (non-hydrogen) atoms. The summed E-state index contributed by atoms with van der Waals surface area (Å²) in [4.78, 5) is 27.5. The van der Waals surface area contributed by atoms with E-state index >= 15 is 0 Å². The summed E-state index contributed by atoms with van der Waals surface area (Å²) in [5.41, 5.74) is 0.682. The monoisotopic (exact) mass is 241 g/mol. The van der Waals surface area contributed by atoms with Crippen LogP contribution >= 0.6 is 0 Å². The lowest BCUT2D eigenvalue weighted by Crippen LogP contribution is -2.09. The molecule has 0 spiro atoms. The van der Waals surface area contributed by atoms with Gasteiger partial charge in [-0.3, -0.25) is 14.6 Å². The van der Waals surface area contributed by atoms with E-state index in [2.05, 4.69) is 4.98 Å². The molecule has 4 heteroatoms. The molecule has 0 aliphatic heterocycles. The number of phenolic OH excluding ortho intramolecular Hbond substituents is 1. The van der Waals surface area contributed by atoms with Crippen LogP contribution in [0.3, 0.4) is 0 Å². The summed E-state index contributed by atoms with van der Waals surface area (Å²) in [6, 6.07) is 10.8. The molecule has 0 aliphatic rings. The van der Waals surface area contributed by atoms with Gasteiger partial charge >= 0.3 is 0 Å². The second-order valence-electron chi connectivity index (χ2n) is 3.78. The molecule has 0 atom stereocenters. The van der Waals surface area contributed by atoms with Gasteiger partial charge in [-0.15, -0.1) is 0 Å². The number of ketones is 2. The number of phenols is 1. The van der Waals surface area contributed by atoms with Crippen molar-refractivity contribution >= 4 is 11.6 Å². The van der Waals surface area contributed by atoms with Crippen molar-refractivity contribution in [1.29, 1.82) is 0 Å². The number of Topliss-reactive ketones (excluding diaryl/α,β-unsaturated/α-hetero) is 2. The third-order valence-corrected chi connectivity index (χ3v) is 2.46. The van der Waals surface area contributed by atoms with Crippen molar-refractivity contribution < 1.29 is 14.7 Å². The minimum absolute atomic E-state index is 0.0857. The summed E-state index contributed by atoms with van der Waals surface area (Å²) in [6.07, 6.45) is 1.29. The normalized spacial score (nSPS) is 10.0. The predicted molar refractivity (Wildman–Crippen MR) is 65.6 cm³/mol. The Hall–Kier alpha value is -2.49. The zero-order valence-electron chi connectivity index (χ0n) is 9.54. The predicted octanol–water partition coefficient (Wildman–Crippen LogP) is 2.24. The summed E-state index contributed by atoms with van der Waals surface area (Å²) in [5.74, 6) is -0.512. The number of carbonyl (C=O) groups excluding carboxylic acids is 2. The summed E-state index contributed by atoms with van der Waals surface area (Å²) >= 11 is 0. The van der Waals surface area contributed by atoms with Gasteiger partial charge in [-0.25, -0.2) is 0 Å². The maximum Gasteiger partial charge on any atom is 0.188 e. The Morgan fingerprint density at radius 3 is 2.33 bits per heavy atom. The van der Waals surface area contributed by atoms with Gasteiger partial charge in [-0.2, -0.15) is 0 Å². The summed E-state index contributed by atoms with van der Waals surface area (Å²) < 4.78 is 0. The van der Waals surface area contributed by atoms with Gasteiger partial charge in [0.15, 0.2) is 11.6 Å². The molecule has 1 aromatic heterocycles. The van der Waals surface area contributed by atoms with E-state index in [9.17, 15) is 9.59 Å². The summed E-state index contributed by atoms with van der Waals surface area (Å²) in [6.45, 7) is 0. The van der Waals surface area contributed by atoms with Crippen LogP contribution in [0.25, 0.3) is 0 Å². The standard InChI is InChI=1S/C14H11NO3/c16-11-6-4-10(5-7-11)13(17)9-14(18)12-3-1-2-8-15-12/h1-8,16H,9H2. The molecule has 1 N–H and O–H groups in total. The molecular formula is C14H11NO3. The van der Waals surface area contributed by atoms with E-state index < -0.39 is 0 Å². The molecule has 0 fully saturated rings. The first-order chi connectivity index (χ1) is 8.66. The van der Waals surface area contributed by atoms with Crippen LogP contribution in [0.2, 0.25) is 0 Å². The van der Waals surface area contributed by atoms with E-state index in [1.165, 1.54) is 30.5 Å². The maximum absolute atomic E-state index is 11.8. The summed E-state index contributed by atoms with van der Waals surface area (Å²) in [5, 5.41) is 9.11. The molecule has 4 nitrogen and oxygen atoms in total. The lowest BCUT2D eigenvalue weighted by molar-refractivity contribution is 0.0891. The number of nitrogens with zero attached hydrogens (tertiary/aromatic N) is 1. The van der Waals surface area contributed by atoms with Crippen LogP contribution in [0.5, 0.6) is 5.75 Å². The Bertz CT molecular complexity index is 561. The van der Waals surface area contributed by atoms with Gasteiger partial charge in [0.25, 0.3) is 0 Å². The largest absolute Gasteiger partial charge is 0.508 e. The molecule has 0 amide bonds. The molecule has 0 saturated heterocycles. The molecule has 90 valence electrons. The summed E-state index contributed by atoms with van der Waals surface area (Å²) in [7, 11) is 0. The van der Waals surface area contributed by atoms with E-state index in [0.29, 0.717) is 5.56 Å². The molecule has 0 unspecified atom stereocenters. The zero-order chi connectivity index (χ0) is 13.0. The van der Waals surface area contributed by atoms with E-state index in [4.69, 9.17) is 5.11 Å². The van der Waals surface area contributed by atoms with Crippen LogP contribution in [0.15, 0.2) is 48.7 Å². The minimum atomic E-state index is -0.311. The Morgan fingerprint density at radius 1 is 1.00 bits per heavy atom. The van der Waals surface area contributed by atoms with Gasteiger partial charge < -0.3 is 5.11 Å². The second-order valence-corrected chi connectivity index (χ2v) is 3.78. The fourth-order valence-corrected chi connectivity index (χ4v) is 1.51. The fourth-order valence-electron chi connectivity index (χ4n) is 1.51. The Labute approximate surface area is 104 Å². The number of rotatable bonds is 4. The number of hydrogen-bond acceptors (Lipinski definition) is 4. The molecular weight excluding hydrogens is 230 g/mol. The SMILES string of the molecule is O=C(CC(=O)c1ccccn1)c1ccc(O)cc1. The molecule has 2 rings (SSSR count). The van der Waals surface area contributed by atoms with Crippen LogP contribution in [0.4, 0.5) is 0 Å². The van der Waals surface area contributed by atoms with Crippen molar-refractivity contribution in [3.8, 4) is 5.75 Å². The molecule has 1 heterocycles. The number of aromatic nitrogens is 1. The molecule has 0 radical (unpaired) electrons. The highest BCUT2D eigenvalue weighted by Crippen LogP contribution is 2.12. The van der Waals surface area contributed by atoms with Crippen molar-refractivity contribution in [2.75, 3.05) is 0 Å². The third-order valence-electron chi connectivity index (χ3n) is 2.46. The molecule has 1 aromatic carbocycles. The van der Waals surface area contributed by atoms with Crippen molar-refractivity contribution in [2.45, 2.75) is 6.42 Å². The average molecular weight is 241 g/mol. The van der Waals surface area contributed by atoms with Crippen LogP contribution < -0.4 is 0 Å². The first-order valence-electron chi connectivity index (χ1n) is 5.43. The van der Waals surface area contributed by atoms with Crippen molar-refractivity contribution in [3.63, 3.8) is 0 Å². The minimum Gasteiger partial charge on any atom is -0.508 e. The number of benzene rings is 1. The van der Waals surface area contributed by atoms with Crippen molar-refractivity contribution in [2.24, 2.45) is 0 Å². The van der Waals surface area contributed by atoms with Gasteiger partial charge in [-0.05, 0) is 36.4 Å². The van der Waals surface area contributed by atoms with E-state index in [0.717, 1.165) is 0 Å². The third kappa shape index (κ3) is 2.79.